The summed E-state index contributed by atoms with van der Waals surface area (Å²) in [5.74, 6) is 0.711. The van der Waals surface area contributed by atoms with Gasteiger partial charge >= 0.3 is 6.18 Å². The molecule has 4 rings (SSSR count). The molecule has 6 nitrogen and oxygen atoms in total. The highest BCUT2D eigenvalue weighted by atomic mass is 35.5. The summed E-state index contributed by atoms with van der Waals surface area (Å²) in [6.07, 6.45) is -3.88. The highest BCUT2D eigenvalue weighted by Gasteiger charge is 2.36. The maximum absolute atomic E-state index is 13.0. The molecule has 1 aliphatic rings. The van der Waals surface area contributed by atoms with E-state index >= 15 is 0 Å². The maximum atomic E-state index is 13.0. The average Bonchev–Trinajstić information content (AvgIpc) is 3.24. The molecule has 0 N–H and O–H groups in total. The molecule has 1 aromatic heterocycles. The zero-order valence-electron chi connectivity index (χ0n) is 16.0. The highest BCUT2D eigenvalue weighted by molar-refractivity contribution is 7.89. The summed E-state index contributed by atoms with van der Waals surface area (Å²) >= 11 is 5.93. The molecule has 0 aliphatic carbocycles. The van der Waals surface area contributed by atoms with Crippen LogP contribution in [0.4, 0.5) is 13.2 Å². The van der Waals surface area contributed by atoms with E-state index in [9.17, 15) is 21.6 Å². The van der Waals surface area contributed by atoms with Gasteiger partial charge in [0.15, 0.2) is 0 Å². The molecular formula is C20H17ClF3N3O3S. The van der Waals surface area contributed by atoms with E-state index in [-0.39, 0.29) is 24.0 Å². The zero-order chi connectivity index (χ0) is 22.2. The second-order valence-electron chi connectivity index (χ2n) is 7.14. The van der Waals surface area contributed by atoms with Crippen LogP contribution in [-0.2, 0) is 16.2 Å². The molecule has 11 heteroatoms. The molecule has 31 heavy (non-hydrogen) atoms. The van der Waals surface area contributed by atoms with Crippen molar-refractivity contribution in [2.45, 2.75) is 29.8 Å². The Morgan fingerprint density at radius 2 is 1.74 bits per heavy atom. The third-order valence-corrected chi connectivity index (χ3v) is 7.53. The van der Waals surface area contributed by atoms with Crippen molar-refractivity contribution in [3.8, 4) is 11.4 Å². The van der Waals surface area contributed by atoms with Crippen molar-refractivity contribution < 1.29 is 26.1 Å². The predicted octanol–water partition coefficient (Wildman–Crippen LogP) is 4.98. The van der Waals surface area contributed by atoms with Crippen molar-refractivity contribution in [1.82, 2.24) is 14.4 Å². The van der Waals surface area contributed by atoms with Crippen LogP contribution in [0.25, 0.3) is 11.4 Å². The highest BCUT2D eigenvalue weighted by Crippen LogP contribution is 2.36. The van der Waals surface area contributed by atoms with Gasteiger partial charge in [-0.15, -0.1) is 0 Å². The average molecular weight is 472 g/mol. The van der Waals surface area contributed by atoms with Gasteiger partial charge in [0.2, 0.25) is 21.7 Å². The van der Waals surface area contributed by atoms with Crippen LogP contribution in [0.2, 0.25) is 5.02 Å². The van der Waals surface area contributed by atoms with E-state index in [0.717, 1.165) is 22.0 Å². The minimum absolute atomic E-state index is 0.0998. The molecular weight excluding hydrogens is 455 g/mol. The molecule has 1 fully saturated rings. The van der Waals surface area contributed by atoms with Gasteiger partial charge in [-0.05, 0) is 31.0 Å². The lowest BCUT2D eigenvalue weighted by molar-refractivity contribution is -0.137. The Balaban J connectivity index is 1.50. The molecule has 0 bridgehead atoms. The van der Waals surface area contributed by atoms with Crippen molar-refractivity contribution in [2.24, 2.45) is 0 Å². The van der Waals surface area contributed by atoms with Crippen molar-refractivity contribution >= 4 is 21.6 Å². The SMILES string of the molecule is O=S(=O)(c1cc(C(F)(F)F)ccc1Cl)N1CCC(c2nc(-c3ccccc3)no2)CC1. The normalized spacial score (nSPS) is 16.5. The van der Waals surface area contributed by atoms with Crippen LogP contribution in [0.5, 0.6) is 0 Å². The molecule has 1 saturated heterocycles. The third kappa shape index (κ3) is 4.46. The monoisotopic (exact) mass is 471 g/mol. The van der Waals surface area contributed by atoms with Crippen LogP contribution < -0.4 is 0 Å². The van der Waals surface area contributed by atoms with Crippen LogP contribution in [0.3, 0.4) is 0 Å². The Morgan fingerprint density at radius 1 is 1.06 bits per heavy atom. The lowest BCUT2D eigenvalue weighted by Gasteiger charge is -2.30. The first kappa shape index (κ1) is 21.8. The molecule has 1 aliphatic heterocycles. The lowest BCUT2D eigenvalue weighted by atomic mass is 9.98. The number of alkyl halides is 3. The molecule has 0 unspecified atom stereocenters. The van der Waals surface area contributed by atoms with Gasteiger partial charge in [-0.1, -0.05) is 47.1 Å². The Hall–Kier alpha value is -2.43. The van der Waals surface area contributed by atoms with E-state index in [1.165, 1.54) is 0 Å². The molecule has 2 aromatic carbocycles. The second kappa shape index (κ2) is 8.25. The number of nitrogens with zero attached hydrogens (tertiary/aromatic N) is 3. The summed E-state index contributed by atoms with van der Waals surface area (Å²) < 4.78 is 71.4. The zero-order valence-corrected chi connectivity index (χ0v) is 17.6. The maximum Gasteiger partial charge on any atom is 0.416 e. The van der Waals surface area contributed by atoms with Gasteiger partial charge in [0.05, 0.1) is 10.6 Å². The summed E-state index contributed by atoms with van der Waals surface area (Å²) in [7, 11) is -4.18. The molecule has 0 amide bonds. The summed E-state index contributed by atoms with van der Waals surface area (Å²) in [6, 6.07) is 11.6. The van der Waals surface area contributed by atoms with Gasteiger partial charge in [0.25, 0.3) is 0 Å². The fourth-order valence-electron chi connectivity index (χ4n) is 3.47. The first-order valence-electron chi connectivity index (χ1n) is 9.42. The van der Waals surface area contributed by atoms with E-state index in [1.54, 1.807) is 0 Å². The van der Waals surface area contributed by atoms with Crippen LogP contribution in [0.1, 0.15) is 30.2 Å². The molecule has 164 valence electrons. The van der Waals surface area contributed by atoms with Crippen molar-refractivity contribution in [1.29, 1.82) is 0 Å². The molecule has 3 aromatic rings. The number of rotatable bonds is 4. The summed E-state index contributed by atoms with van der Waals surface area (Å²) in [5.41, 5.74) is -0.263. The van der Waals surface area contributed by atoms with Crippen LogP contribution in [0.15, 0.2) is 57.9 Å². The smallest absolute Gasteiger partial charge is 0.339 e. The van der Waals surface area contributed by atoms with Gasteiger partial charge in [-0.2, -0.15) is 22.5 Å². The molecule has 0 atom stereocenters. The molecule has 0 radical (unpaired) electrons. The van der Waals surface area contributed by atoms with Gasteiger partial charge in [0, 0.05) is 24.6 Å². The van der Waals surface area contributed by atoms with Crippen molar-refractivity contribution in [3.63, 3.8) is 0 Å². The third-order valence-electron chi connectivity index (χ3n) is 5.15. The number of sulfonamides is 1. The lowest BCUT2D eigenvalue weighted by Crippen LogP contribution is -2.38. The summed E-state index contributed by atoms with van der Waals surface area (Å²) in [5, 5.41) is 3.73. The van der Waals surface area contributed by atoms with Crippen molar-refractivity contribution in [2.75, 3.05) is 13.1 Å². The largest absolute Gasteiger partial charge is 0.416 e. The fourth-order valence-corrected chi connectivity index (χ4v) is 5.44. The first-order chi connectivity index (χ1) is 14.7. The second-order valence-corrected chi connectivity index (χ2v) is 9.46. The quantitative estimate of drug-likeness (QED) is 0.536. The molecule has 0 saturated carbocycles. The Bertz CT molecular complexity index is 1180. The summed E-state index contributed by atoms with van der Waals surface area (Å²) in [6.45, 7) is 0.200. The Kier molecular flexibility index (Phi) is 5.80. The number of piperidine rings is 1. The van der Waals surface area contributed by atoms with Crippen molar-refractivity contribution in [3.05, 3.63) is 65.0 Å². The van der Waals surface area contributed by atoms with E-state index in [0.29, 0.717) is 30.6 Å². The molecule has 2 heterocycles. The number of hydrogen-bond acceptors (Lipinski definition) is 5. The first-order valence-corrected chi connectivity index (χ1v) is 11.2. The number of benzene rings is 2. The molecule has 0 spiro atoms. The fraction of sp³-hybridized carbons (Fsp3) is 0.300. The van der Waals surface area contributed by atoms with E-state index in [1.807, 2.05) is 30.3 Å². The summed E-state index contributed by atoms with van der Waals surface area (Å²) in [4.78, 5) is 3.86. The van der Waals surface area contributed by atoms with Gasteiger partial charge in [0.1, 0.15) is 4.90 Å². The standard InChI is InChI=1S/C20H17ClF3N3O3S/c21-16-7-6-15(20(22,23)24)12-17(16)31(28,29)27-10-8-14(9-11-27)19-25-18(26-30-19)13-4-2-1-3-5-13/h1-7,12,14H,8-11H2. The predicted molar refractivity (Wildman–Crippen MR) is 107 cm³/mol. The minimum atomic E-state index is -4.67. The van der Waals surface area contributed by atoms with E-state index in [2.05, 4.69) is 10.1 Å². The minimum Gasteiger partial charge on any atom is -0.339 e. The van der Waals surface area contributed by atoms with E-state index < -0.39 is 26.7 Å². The van der Waals surface area contributed by atoms with Gasteiger partial charge < -0.3 is 4.52 Å². The Labute approximate surface area is 181 Å². The van der Waals surface area contributed by atoms with Crippen LogP contribution >= 0.6 is 11.6 Å². The van der Waals surface area contributed by atoms with Gasteiger partial charge in [-0.3, -0.25) is 0 Å². The number of halogens is 4. The van der Waals surface area contributed by atoms with Crippen LogP contribution in [0, 0.1) is 0 Å². The number of hydrogen-bond donors (Lipinski definition) is 0. The van der Waals surface area contributed by atoms with Gasteiger partial charge in [-0.25, -0.2) is 8.42 Å². The van der Waals surface area contributed by atoms with Crippen LogP contribution in [-0.4, -0.2) is 36.0 Å². The Morgan fingerprint density at radius 3 is 2.39 bits per heavy atom. The number of aromatic nitrogens is 2. The topological polar surface area (TPSA) is 76.3 Å². The van der Waals surface area contributed by atoms with E-state index in [4.69, 9.17) is 16.1 Å².